The molecule has 0 bridgehead atoms. The van der Waals surface area contributed by atoms with Crippen LogP contribution in [0.25, 0.3) is 0 Å². The van der Waals surface area contributed by atoms with Crippen LogP contribution in [0.15, 0.2) is 0 Å². The summed E-state index contributed by atoms with van der Waals surface area (Å²) in [4.78, 5) is 10.1. The van der Waals surface area contributed by atoms with Crippen molar-refractivity contribution >= 4 is 30.1 Å². The van der Waals surface area contributed by atoms with Crippen molar-refractivity contribution < 1.29 is 29.4 Å². The molecule has 11 heavy (non-hydrogen) atoms. The van der Waals surface area contributed by atoms with Crippen molar-refractivity contribution in [2.45, 2.75) is 12.5 Å². The predicted octanol–water partition coefficient (Wildman–Crippen LogP) is 0.571. The number of carbonyl (C=O) groups is 1. The molecule has 0 saturated carbocycles. The van der Waals surface area contributed by atoms with Crippen molar-refractivity contribution in [3.8, 4) is 0 Å². The molecule has 0 aromatic carbocycles. The van der Waals surface area contributed by atoms with E-state index in [2.05, 4.69) is 0 Å². The second-order valence-electron chi connectivity index (χ2n) is 1.73. The van der Waals surface area contributed by atoms with Gasteiger partial charge in [0.05, 0.1) is 0 Å². The second kappa shape index (κ2) is 10.7. The Morgan fingerprint density at radius 3 is 2.45 bits per heavy atom. The third kappa shape index (κ3) is 10.7. The molecule has 0 heterocycles. The van der Waals surface area contributed by atoms with Crippen LogP contribution in [0.2, 0.25) is 0 Å². The van der Waals surface area contributed by atoms with Crippen molar-refractivity contribution in [2.24, 2.45) is 5.73 Å². The number of carboxylic acid groups (broad SMARTS) is 1. The fraction of sp³-hybridized carbons (Fsp3) is 0.800. The van der Waals surface area contributed by atoms with Crippen LogP contribution in [0, 0.1) is 0 Å². The molecule has 0 aliphatic heterocycles. The third-order valence-electron chi connectivity index (χ3n) is 0.950. The Balaban J connectivity index is -0.000000320. The van der Waals surface area contributed by atoms with Crippen LogP contribution >= 0.6 is 24.2 Å². The Hall–Kier alpha value is 0.693. The minimum atomic E-state index is -0.913. The van der Waals surface area contributed by atoms with Gasteiger partial charge in [0.1, 0.15) is 6.04 Å². The molecule has 3 N–H and O–H groups in total. The standard InChI is InChI=1S/C5H11NO2S.ClH.Zn/c1-9-3-2-4(6)5(7)8;;/h4H,2-3,6H2,1H3,(H,7,8);1H;/t4-;;/m0../s1. The molecule has 3 nitrogen and oxygen atoms in total. The van der Waals surface area contributed by atoms with Gasteiger partial charge in [0.15, 0.2) is 0 Å². The first-order valence-electron chi connectivity index (χ1n) is 2.65. The summed E-state index contributed by atoms with van der Waals surface area (Å²) < 4.78 is 0. The van der Waals surface area contributed by atoms with E-state index in [1.165, 1.54) is 0 Å². The van der Waals surface area contributed by atoms with Crippen molar-refractivity contribution in [1.29, 1.82) is 0 Å². The molecule has 0 amide bonds. The quantitative estimate of drug-likeness (QED) is 0.717. The van der Waals surface area contributed by atoms with Crippen molar-refractivity contribution in [2.75, 3.05) is 12.0 Å². The largest absolute Gasteiger partial charge is 0.480 e. The molecule has 0 aliphatic carbocycles. The molecule has 0 aromatic heterocycles. The topological polar surface area (TPSA) is 63.3 Å². The number of thioether (sulfide) groups is 1. The first-order chi connectivity index (χ1) is 4.18. The third-order valence-corrected chi connectivity index (χ3v) is 1.59. The Bertz CT molecular complexity index is 106. The monoisotopic (exact) mass is 249 g/mol. The minimum absolute atomic E-state index is 0. The molecule has 1 atom stereocenters. The Kier molecular flexibility index (Phi) is 17.2. The zero-order chi connectivity index (χ0) is 7.28. The van der Waals surface area contributed by atoms with Gasteiger partial charge in [0.25, 0.3) is 0 Å². The van der Waals surface area contributed by atoms with Crippen LogP contribution < -0.4 is 5.73 Å². The average Bonchev–Trinajstić information content (AvgIpc) is 1.82. The fourth-order valence-electron chi connectivity index (χ4n) is 0.368. The maximum absolute atomic E-state index is 10.1. The first kappa shape index (κ1) is 17.7. The van der Waals surface area contributed by atoms with E-state index in [9.17, 15) is 4.79 Å². The van der Waals surface area contributed by atoms with Gasteiger partial charge in [-0.25, -0.2) is 0 Å². The number of carboxylic acids is 1. The zero-order valence-corrected chi connectivity index (χ0v) is 11.0. The van der Waals surface area contributed by atoms with Crippen LogP contribution in [0.1, 0.15) is 6.42 Å². The molecule has 64 valence electrons. The molecular formula is C5H12ClNO2SZn. The summed E-state index contributed by atoms with van der Waals surface area (Å²) in [6.45, 7) is 0. The fourth-order valence-corrected chi connectivity index (χ4v) is 0.858. The van der Waals surface area contributed by atoms with Gasteiger partial charge in [-0.2, -0.15) is 11.8 Å². The number of hydrogen-bond acceptors (Lipinski definition) is 3. The average molecular weight is 251 g/mol. The first-order valence-corrected chi connectivity index (χ1v) is 4.05. The van der Waals surface area contributed by atoms with Gasteiger partial charge in [-0.3, -0.25) is 4.79 Å². The van der Waals surface area contributed by atoms with Crippen LogP contribution in [-0.2, 0) is 24.3 Å². The molecule has 0 unspecified atom stereocenters. The molecule has 0 radical (unpaired) electrons. The van der Waals surface area contributed by atoms with E-state index in [0.29, 0.717) is 6.42 Å². The van der Waals surface area contributed by atoms with Gasteiger partial charge in [-0.05, 0) is 18.4 Å². The van der Waals surface area contributed by atoms with Gasteiger partial charge < -0.3 is 10.8 Å². The van der Waals surface area contributed by atoms with Crippen LogP contribution in [0.4, 0.5) is 0 Å². The van der Waals surface area contributed by atoms with E-state index in [1.807, 2.05) is 6.26 Å². The molecular weight excluding hydrogens is 239 g/mol. The Labute approximate surface area is 89.7 Å². The van der Waals surface area contributed by atoms with E-state index in [-0.39, 0.29) is 31.9 Å². The van der Waals surface area contributed by atoms with Crippen LogP contribution in [-0.4, -0.2) is 29.1 Å². The van der Waals surface area contributed by atoms with Gasteiger partial charge in [0, 0.05) is 19.5 Å². The minimum Gasteiger partial charge on any atom is -0.480 e. The Morgan fingerprint density at radius 2 is 2.18 bits per heavy atom. The summed E-state index contributed by atoms with van der Waals surface area (Å²) >= 11 is 1.60. The number of halogens is 1. The summed E-state index contributed by atoms with van der Waals surface area (Å²) in [5.41, 5.74) is 5.19. The molecule has 0 aromatic rings. The number of rotatable bonds is 4. The maximum Gasteiger partial charge on any atom is 0.320 e. The van der Waals surface area contributed by atoms with E-state index in [0.717, 1.165) is 5.75 Å². The Morgan fingerprint density at radius 1 is 1.73 bits per heavy atom. The molecule has 0 fully saturated rings. The smallest absolute Gasteiger partial charge is 0.320 e. The normalized spacial score (nSPS) is 10.7. The van der Waals surface area contributed by atoms with Crippen LogP contribution in [0.3, 0.4) is 0 Å². The molecule has 0 aliphatic rings. The maximum atomic E-state index is 10.1. The van der Waals surface area contributed by atoms with Crippen molar-refractivity contribution in [3.05, 3.63) is 0 Å². The summed E-state index contributed by atoms with van der Waals surface area (Å²) in [5, 5.41) is 8.27. The van der Waals surface area contributed by atoms with Crippen molar-refractivity contribution in [1.82, 2.24) is 0 Å². The van der Waals surface area contributed by atoms with Gasteiger partial charge in [-0.15, -0.1) is 12.4 Å². The van der Waals surface area contributed by atoms with Crippen LogP contribution in [0.5, 0.6) is 0 Å². The van der Waals surface area contributed by atoms with E-state index >= 15 is 0 Å². The summed E-state index contributed by atoms with van der Waals surface area (Å²) in [6.07, 6.45) is 2.48. The van der Waals surface area contributed by atoms with Gasteiger partial charge in [-0.1, -0.05) is 0 Å². The molecule has 0 saturated heterocycles. The molecule has 0 spiro atoms. The summed E-state index contributed by atoms with van der Waals surface area (Å²) in [7, 11) is 0. The molecule has 6 heteroatoms. The summed E-state index contributed by atoms with van der Waals surface area (Å²) in [5.74, 6) is -0.1000. The van der Waals surface area contributed by atoms with Gasteiger partial charge >= 0.3 is 5.97 Å². The summed E-state index contributed by atoms with van der Waals surface area (Å²) in [6, 6.07) is -0.683. The van der Waals surface area contributed by atoms with Crippen molar-refractivity contribution in [3.63, 3.8) is 0 Å². The van der Waals surface area contributed by atoms with E-state index in [1.54, 1.807) is 11.8 Å². The second-order valence-corrected chi connectivity index (χ2v) is 2.71. The number of hydrogen-bond donors (Lipinski definition) is 2. The van der Waals surface area contributed by atoms with E-state index in [4.69, 9.17) is 10.8 Å². The number of nitrogens with two attached hydrogens (primary N) is 1. The zero-order valence-electron chi connectivity index (χ0n) is 6.45. The molecule has 0 rings (SSSR count). The van der Waals surface area contributed by atoms with E-state index < -0.39 is 12.0 Å². The predicted molar refractivity (Wildman–Crippen MR) is 45.9 cm³/mol. The SMILES string of the molecule is CSCC[C@H](N)C(=O)O.Cl.[Zn]. The van der Waals surface area contributed by atoms with Gasteiger partial charge in [0.2, 0.25) is 0 Å². The number of aliphatic carboxylic acids is 1.